The first kappa shape index (κ1) is 23.7. The Kier molecular flexibility index (Phi) is 5.74. The average molecular weight is 583 g/mol. The molecule has 0 bridgehead atoms. The van der Waals surface area contributed by atoms with Gasteiger partial charge < -0.3 is 19.9 Å². The van der Waals surface area contributed by atoms with Crippen LogP contribution in [-0.2, 0) is 32.3 Å². The lowest BCUT2D eigenvalue weighted by Gasteiger charge is -2.29. The zero-order chi connectivity index (χ0) is 25.1. The smallest absolute Gasteiger partial charge is 0.424 e. The molecule has 36 heavy (non-hydrogen) atoms. The minimum Gasteiger partial charge on any atom is -0.424 e. The Bertz CT molecular complexity index is 1390. The normalized spacial score (nSPS) is 33.9. The number of halogens is 1. The molecule has 3 aromatic heterocycles. The lowest BCUT2D eigenvalue weighted by Crippen LogP contribution is -2.42. The average Bonchev–Trinajstić information content (AvgIpc) is 3.48. The largest absolute Gasteiger partial charge is 0.509 e. The number of pyridine rings is 1. The van der Waals surface area contributed by atoms with Gasteiger partial charge in [0.25, 0.3) is 0 Å². The summed E-state index contributed by atoms with van der Waals surface area (Å²) in [5, 5.41) is 0. The van der Waals surface area contributed by atoms with Gasteiger partial charge in [0.05, 0.1) is 25.6 Å². The molecular weight excluding hydrogens is 563 g/mol. The molecular formula is C20H20BrN6O8P. The van der Waals surface area contributed by atoms with Crippen molar-refractivity contribution >= 4 is 46.9 Å². The predicted molar refractivity (Wildman–Crippen MR) is 123 cm³/mol. The van der Waals surface area contributed by atoms with E-state index in [0.717, 1.165) is 5.56 Å². The minimum absolute atomic E-state index is 0.164. The Morgan fingerprint density at radius 1 is 1.33 bits per heavy atom. The van der Waals surface area contributed by atoms with Crippen LogP contribution in [0.25, 0.3) is 11.2 Å². The van der Waals surface area contributed by atoms with Crippen LogP contribution in [0.4, 0.5) is 10.6 Å². The first-order valence-electron chi connectivity index (χ1n) is 10.9. The second-order valence-corrected chi connectivity index (χ2v) is 11.0. The van der Waals surface area contributed by atoms with Crippen LogP contribution in [0.2, 0.25) is 0 Å². The summed E-state index contributed by atoms with van der Waals surface area (Å²) in [6.07, 6.45) is 0.848. The van der Waals surface area contributed by atoms with Crippen LogP contribution >= 0.6 is 23.8 Å². The topological polar surface area (TPSA) is 172 Å². The van der Waals surface area contributed by atoms with E-state index in [1.54, 1.807) is 29.8 Å². The lowest BCUT2D eigenvalue weighted by atomic mass is 9.96. The predicted octanol–water partition coefficient (Wildman–Crippen LogP) is 3.06. The fourth-order valence-electron chi connectivity index (χ4n) is 4.59. The minimum atomic E-state index is -3.96. The number of nitrogens with zero attached hydrogens (tertiary/aromatic N) is 5. The van der Waals surface area contributed by atoms with Gasteiger partial charge in [-0.2, -0.15) is 0 Å². The Labute approximate surface area is 212 Å². The van der Waals surface area contributed by atoms with E-state index < -0.39 is 44.1 Å². The molecule has 0 aromatic carbocycles. The molecule has 16 heteroatoms. The molecule has 6 atom stereocenters. The first-order valence-corrected chi connectivity index (χ1v) is 13.2. The lowest BCUT2D eigenvalue weighted by molar-refractivity contribution is -0.0925. The zero-order valence-electron chi connectivity index (χ0n) is 18.7. The maximum atomic E-state index is 13.3. The molecule has 6 rings (SSSR count). The van der Waals surface area contributed by atoms with Crippen molar-refractivity contribution in [1.82, 2.24) is 24.5 Å². The molecule has 3 aromatic rings. The molecule has 6 heterocycles. The van der Waals surface area contributed by atoms with Gasteiger partial charge >= 0.3 is 14.0 Å². The molecule has 0 amide bonds. The summed E-state index contributed by atoms with van der Waals surface area (Å²) in [6, 6.07) is 3.54. The fourth-order valence-corrected chi connectivity index (χ4v) is 6.36. The summed E-state index contributed by atoms with van der Waals surface area (Å²) in [4.78, 5) is 28.6. The zero-order valence-corrected chi connectivity index (χ0v) is 21.2. The molecule has 0 radical (unpaired) electrons. The number of hydrogen-bond donors (Lipinski definition) is 1. The number of hydrogen-bond acceptors (Lipinski definition) is 13. The van der Waals surface area contributed by atoms with E-state index in [1.165, 1.54) is 12.7 Å². The number of imidazole rings is 1. The number of rotatable bonds is 5. The summed E-state index contributed by atoms with van der Waals surface area (Å²) >= 11 is 3.32. The number of carbonyl (C=O) groups excluding carboxylic acids is 1. The van der Waals surface area contributed by atoms with Gasteiger partial charge in [-0.1, -0.05) is 0 Å². The number of anilines is 1. The monoisotopic (exact) mass is 582 g/mol. The van der Waals surface area contributed by atoms with Crippen molar-refractivity contribution in [2.45, 2.75) is 43.5 Å². The maximum Gasteiger partial charge on any atom is 0.509 e. The van der Waals surface area contributed by atoms with E-state index in [-0.39, 0.29) is 19.0 Å². The van der Waals surface area contributed by atoms with Gasteiger partial charge in [-0.3, -0.25) is 18.1 Å². The number of phosphoric acid groups is 1. The second-order valence-electron chi connectivity index (χ2n) is 8.56. The van der Waals surface area contributed by atoms with Crippen LogP contribution in [-0.4, -0.2) is 61.7 Å². The molecule has 3 aliphatic heterocycles. The Morgan fingerprint density at radius 2 is 2.19 bits per heavy atom. The van der Waals surface area contributed by atoms with Gasteiger partial charge in [0.1, 0.15) is 22.6 Å². The number of fused-ring (bicyclic) bond motifs is 2. The van der Waals surface area contributed by atoms with Crippen molar-refractivity contribution in [1.29, 1.82) is 0 Å². The van der Waals surface area contributed by atoms with Gasteiger partial charge in [0, 0.05) is 12.6 Å². The highest BCUT2D eigenvalue weighted by molar-refractivity contribution is 9.10. The van der Waals surface area contributed by atoms with E-state index >= 15 is 0 Å². The highest BCUT2D eigenvalue weighted by Gasteiger charge is 2.64. The Balaban J connectivity index is 1.23. The third kappa shape index (κ3) is 3.96. The molecule has 3 aliphatic rings. The van der Waals surface area contributed by atoms with Gasteiger partial charge in [-0.25, -0.2) is 29.3 Å². The van der Waals surface area contributed by atoms with Crippen molar-refractivity contribution in [2.24, 2.45) is 0 Å². The van der Waals surface area contributed by atoms with E-state index in [4.69, 9.17) is 33.5 Å². The fraction of sp³-hybridized carbons (Fsp3) is 0.450. The summed E-state index contributed by atoms with van der Waals surface area (Å²) in [7, 11) is -3.96. The summed E-state index contributed by atoms with van der Waals surface area (Å²) in [6.45, 7) is 1.56. The number of nitrogens with two attached hydrogens (primary N) is 1. The van der Waals surface area contributed by atoms with Crippen LogP contribution in [0.5, 0.6) is 0 Å². The van der Waals surface area contributed by atoms with Gasteiger partial charge in [0.2, 0.25) is 0 Å². The molecule has 0 saturated carbocycles. The van der Waals surface area contributed by atoms with E-state index in [0.29, 0.717) is 22.2 Å². The summed E-state index contributed by atoms with van der Waals surface area (Å²) in [5.41, 5.74) is 6.18. The molecule has 14 nitrogen and oxygen atoms in total. The Morgan fingerprint density at radius 3 is 3.03 bits per heavy atom. The van der Waals surface area contributed by atoms with Crippen molar-refractivity contribution < 1.29 is 37.1 Å². The number of aromatic nitrogens is 5. The number of nitrogen functional groups attached to an aromatic ring is 1. The van der Waals surface area contributed by atoms with E-state index in [9.17, 15) is 9.36 Å². The van der Waals surface area contributed by atoms with Crippen molar-refractivity contribution in [2.75, 3.05) is 18.9 Å². The van der Waals surface area contributed by atoms with Crippen LogP contribution in [0.15, 0.2) is 35.6 Å². The standard InChI is InChI=1S/C20H20BrN6O8P/c1-20-15(33-19(28)34-20)12(32-18(20)27-9-26-14-16(22)24-8-25-17(14)27)7-31-36(29)30-5-3-11(35-36)10-2-4-23-13(21)6-10/h2,4,6,8-9,11-12,15,18H,3,5,7H2,1H3,(H2,22,24,25)/t11?,12-,15-,18-,20-,36?/m1/s1. The van der Waals surface area contributed by atoms with Crippen LogP contribution < -0.4 is 5.73 Å². The van der Waals surface area contributed by atoms with Gasteiger partial charge in [-0.05, 0) is 40.5 Å². The summed E-state index contributed by atoms with van der Waals surface area (Å²) in [5.74, 6) is 0.193. The SMILES string of the molecule is C[C@@]12OC(=O)O[C@@H]1[C@@H](COP1(=O)OCCC(c3ccnc(Br)c3)O1)O[C@H]2n1cnc2c(N)ncnc21. The number of carbonyl (C=O) groups is 1. The highest BCUT2D eigenvalue weighted by atomic mass is 79.9. The molecule has 190 valence electrons. The van der Waals surface area contributed by atoms with E-state index in [2.05, 4.69) is 35.9 Å². The van der Waals surface area contributed by atoms with Crippen molar-refractivity contribution in [3.05, 3.63) is 41.2 Å². The third-order valence-electron chi connectivity index (χ3n) is 6.27. The molecule has 2 unspecified atom stereocenters. The van der Waals surface area contributed by atoms with Crippen LogP contribution in [0.3, 0.4) is 0 Å². The Hall–Kier alpha value is -2.68. The highest BCUT2D eigenvalue weighted by Crippen LogP contribution is 2.58. The second kappa shape index (κ2) is 8.71. The molecule has 3 saturated heterocycles. The van der Waals surface area contributed by atoms with Crippen LogP contribution in [0.1, 0.15) is 31.2 Å². The molecule has 0 aliphatic carbocycles. The molecule has 2 N–H and O–H groups in total. The van der Waals surface area contributed by atoms with Crippen molar-refractivity contribution in [3.63, 3.8) is 0 Å². The quantitative estimate of drug-likeness (QED) is 0.264. The first-order chi connectivity index (χ1) is 17.3. The number of phosphoric ester groups is 1. The van der Waals surface area contributed by atoms with Gasteiger partial charge in [0.15, 0.2) is 29.4 Å². The molecule has 3 fully saturated rings. The summed E-state index contributed by atoms with van der Waals surface area (Å²) < 4.78 is 49.3. The maximum absolute atomic E-state index is 13.3. The van der Waals surface area contributed by atoms with Gasteiger partial charge in [-0.15, -0.1) is 0 Å². The van der Waals surface area contributed by atoms with E-state index in [1.807, 2.05) is 0 Å². The van der Waals surface area contributed by atoms with Crippen molar-refractivity contribution in [3.8, 4) is 0 Å². The third-order valence-corrected chi connectivity index (χ3v) is 8.18. The van der Waals surface area contributed by atoms with Crippen LogP contribution in [0, 0.1) is 0 Å². The molecule has 0 spiro atoms. The number of ether oxygens (including phenoxy) is 3.